The third-order valence-electron chi connectivity index (χ3n) is 3.34. The van der Waals surface area contributed by atoms with E-state index in [0.717, 1.165) is 24.3 Å². The molecule has 0 fully saturated rings. The van der Waals surface area contributed by atoms with E-state index in [2.05, 4.69) is 11.8 Å². The molecule has 0 amide bonds. The first kappa shape index (κ1) is 12.4. The van der Waals surface area contributed by atoms with Crippen LogP contribution in [-0.2, 0) is 0 Å². The predicted octanol–water partition coefficient (Wildman–Crippen LogP) is 2.91. The Hall–Kier alpha value is -1.09. The summed E-state index contributed by atoms with van der Waals surface area (Å²) in [6.45, 7) is 7.50. The second-order valence-electron chi connectivity index (χ2n) is 5.46. The molecule has 0 spiro atoms. The van der Waals surface area contributed by atoms with Gasteiger partial charge in [0.15, 0.2) is 0 Å². The lowest BCUT2D eigenvalue weighted by Gasteiger charge is -2.22. The Bertz CT molecular complexity index is 411. The van der Waals surface area contributed by atoms with Crippen molar-refractivity contribution in [2.24, 2.45) is 0 Å². The fourth-order valence-corrected chi connectivity index (χ4v) is 2.68. The molecule has 1 atom stereocenters. The number of benzene rings is 1. The molecular formula is C14H20FNO. The van der Waals surface area contributed by atoms with Crippen LogP contribution in [0, 0.1) is 5.82 Å². The second kappa shape index (κ2) is 4.30. The second-order valence-corrected chi connectivity index (χ2v) is 5.46. The molecule has 1 aromatic carbocycles. The minimum Gasteiger partial charge on any atom is -0.390 e. The molecule has 2 rings (SSSR count). The first-order valence-electron chi connectivity index (χ1n) is 6.17. The van der Waals surface area contributed by atoms with E-state index in [0.29, 0.717) is 6.42 Å². The van der Waals surface area contributed by atoms with Crippen molar-refractivity contribution in [2.75, 3.05) is 18.0 Å². The van der Waals surface area contributed by atoms with Crippen LogP contribution in [0.25, 0.3) is 0 Å². The third-order valence-corrected chi connectivity index (χ3v) is 3.34. The molecule has 1 aromatic rings. The number of hydrogen-bond donors (Lipinski definition) is 1. The molecule has 1 aliphatic heterocycles. The van der Waals surface area contributed by atoms with Crippen LogP contribution in [-0.4, -0.2) is 23.8 Å². The van der Waals surface area contributed by atoms with Crippen LogP contribution in [0.1, 0.15) is 38.7 Å². The van der Waals surface area contributed by atoms with Gasteiger partial charge in [-0.15, -0.1) is 0 Å². The summed E-state index contributed by atoms with van der Waals surface area (Å²) in [6.07, 6.45) is 0.667. The summed E-state index contributed by atoms with van der Waals surface area (Å²) in [5, 5.41) is 9.92. The zero-order valence-electron chi connectivity index (χ0n) is 10.7. The molecule has 2 nitrogen and oxygen atoms in total. The lowest BCUT2D eigenvalue weighted by Crippen LogP contribution is -2.26. The van der Waals surface area contributed by atoms with Crippen molar-refractivity contribution >= 4 is 5.69 Å². The number of fused-ring (bicyclic) bond motifs is 1. The van der Waals surface area contributed by atoms with Crippen molar-refractivity contribution in [3.63, 3.8) is 0 Å². The Labute approximate surface area is 102 Å². The smallest absolute Gasteiger partial charge is 0.123 e. The van der Waals surface area contributed by atoms with Crippen LogP contribution < -0.4 is 4.90 Å². The van der Waals surface area contributed by atoms with Gasteiger partial charge in [-0.05, 0) is 51.0 Å². The number of halogens is 1. The maximum atomic E-state index is 13.3. The van der Waals surface area contributed by atoms with Crippen molar-refractivity contribution in [2.45, 2.75) is 38.7 Å². The highest BCUT2D eigenvalue weighted by Crippen LogP contribution is 2.40. The number of aliphatic hydroxyl groups is 1. The Balaban J connectivity index is 2.32. The van der Waals surface area contributed by atoms with Crippen molar-refractivity contribution < 1.29 is 9.50 Å². The van der Waals surface area contributed by atoms with E-state index in [1.807, 2.05) is 6.07 Å². The zero-order valence-corrected chi connectivity index (χ0v) is 10.7. The van der Waals surface area contributed by atoms with Crippen LogP contribution in [0.15, 0.2) is 18.2 Å². The molecule has 3 heteroatoms. The quantitative estimate of drug-likeness (QED) is 0.873. The fourth-order valence-electron chi connectivity index (χ4n) is 2.68. The topological polar surface area (TPSA) is 23.5 Å². The minimum atomic E-state index is -0.710. The van der Waals surface area contributed by atoms with E-state index in [-0.39, 0.29) is 11.7 Å². The SMILES string of the molecule is CCN1CC(CC(C)(C)O)c2cc(F)ccc21. The first-order valence-corrected chi connectivity index (χ1v) is 6.17. The van der Waals surface area contributed by atoms with Crippen molar-refractivity contribution in [1.29, 1.82) is 0 Å². The van der Waals surface area contributed by atoms with Crippen LogP contribution in [0.3, 0.4) is 0 Å². The van der Waals surface area contributed by atoms with E-state index >= 15 is 0 Å². The maximum absolute atomic E-state index is 13.3. The lowest BCUT2D eigenvalue weighted by molar-refractivity contribution is 0.0644. The molecule has 0 bridgehead atoms. The zero-order chi connectivity index (χ0) is 12.6. The molecule has 0 aromatic heterocycles. The molecular weight excluding hydrogens is 217 g/mol. The van der Waals surface area contributed by atoms with Crippen LogP contribution in [0.4, 0.5) is 10.1 Å². The van der Waals surface area contributed by atoms with E-state index in [4.69, 9.17) is 0 Å². The highest BCUT2D eigenvalue weighted by Gasteiger charge is 2.31. The van der Waals surface area contributed by atoms with Gasteiger partial charge in [-0.2, -0.15) is 0 Å². The van der Waals surface area contributed by atoms with Gasteiger partial charge in [-0.1, -0.05) is 0 Å². The van der Waals surface area contributed by atoms with Gasteiger partial charge in [0, 0.05) is 24.7 Å². The molecule has 1 heterocycles. The molecule has 0 aliphatic carbocycles. The molecule has 94 valence electrons. The molecule has 0 saturated heterocycles. The summed E-state index contributed by atoms with van der Waals surface area (Å²) in [5.41, 5.74) is 1.44. The van der Waals surface area contributed by atoms with E-state index in [1.54, 1.807) is 19.9 Å². The van der Waals surface area contributed by atoms with Gasteiger partial charge in [-0.25, -0.2) is 4.39 Å². The van der Waals surface area contributed by atoms with Gasteiger partial charge < -0.3 is 10.0 Å². The normalized spacial score (nSPS) is 19.6. The van der Waals surface area contributed by atoms with Crippen molar-refractivity contribution in [1.82, 2.24) is 0 Å². The Morgan fingerprint density at radius 2 is 2.18 bits per heavy atom. The van der Waals surface area contributed by atoms with Crippen molar-refractivity contribution in [3.8, 4) is 0 Å². The largest absolute Gasteiger partial charge is 0.390 e. The highest BCUT2D eigenvalue weighted by molar-refractivity contribution is 5.60. The number of anilines is 1. The summed E-state index contributed by atoms with van der Waals surface area (Å²) >= 11 is 0. The van der Waals surface area contributed by atoms with E-state index in [1.165, 1.54) is 6.07 Å². The summed E-state index contributed by atoms with van der Waals surface area (Å²) in [4.78, 5) is 2.24. The first-order chi connectivity index (χ1) is 7.90. The number of rotatable bonds is 3. The summed E-state index contributed by atoms with van der Waals surface area (Å²) in [7, 11) is 0. The molecule has 0 saturated carbocycles. The van der Waals surface area contributed by atoms with Gasteiger partial charge in [0.25, 0.3) is 0 Å². The third kappa shape index (κ3) is 2.60. The standard InChI is InChI=1S/C14H20FNO/c1-4-16-9-10(8-14(2,3)17)12-7-11(15)5-6-13(12)16/h5-7,10,17H,4,8-9H2,1-3H3. The molecule has 1 N–H and O–H groups in total. The van der Waals surface area contributed by atoms with E-state index in [9.17, 15) is 9.50 Å². The van der Waals surface area contributed by atoms with Gasteiger partial charge in [0.2, 0.25) is 0 Å². The average molecular weight is 237 g/mol. The average Bonchev–Trinajstić information content (AvgIpc) is 2.54. The van der Waals surface area contributed by atoms with E-state index < -0.39 is 5.60 Å². The summed E-state index contributed by atoms with van der Waals surface area (Å²) in [6, 6.07) is 4.97. The minimum absolute atomic E-state index is 0.192. The molecule has 17 heavy (non-hydrogen) atoms. The predicted molar refractivity (Wildman–Crippen MR) is 67.9 cm³/mol. The Kier molecular flexibility index (Phi) is 3.13. The van der Waals surface area contributed by atoms with Crippen LogP contribution >= 0.6 is 0 Å². The summed E-state index contributed by atoms with van der Waals surface area (Å²) in [5.74, 6) is 0.0306. The number of hydrogen-bond acceptors (Lipinski definition) is 2. The molecule has 1 unspecified atom stereocenters. The molecule has 0 radical (unpaired) electrons. The van der Waals surface area contributed by atoms with Gasteiger partial charge in [0.05, 0.1) is 5.60 Å². The fraction of sp³-hybridized carbons (Fsp3) is 0.571. The number of likely N-dealkylation sites (N-methyl/N-ethyl adjacent to an activating group) is 1. The van der Waals surface area contributed by atoms with Crippen molar-refractivity contribution in [3.05, 3.63) is 29.6 Å². The van der Waals surface area contributed by atoms with Gasteiger partial charge in [0.1, 0.15) is 5.82 Å². The summed E-state index contributed by atoms with van der Waals surface area (Å²) < 4.78 is 13.3. The van der Waals surface area contributed by atoms with Crippen LogP contribution in [0.5, 0.6) is 0 Å². The maximum Gasteiger partial charge on any atom is 0.123 e. The van der Waals surface area contributed by atoms with Gasteiger partial charge in [-0.3, -0.25) is 0 Å². The lowest BCUT2D eigenvalue weighted by atomic mass is 9.89. The Morgan fingerprint density at radius 1 is 1.47 bits per heavy atom. The highest BCUT2D eigenvalue weighted by atomic mass is 19.1. The number of nitrogens with zero attached hydrogens (tertiary/aromatic N) is 1. The van der Waals surface area contributed by atoms with Crippen LogP contribution in [0.2, 0.25) is 0 Å². The monoisotopic (exact) mass is 237 g/mol. The molecule has 1 aliphatic rings. The Morgan fingerprint density at radius 3 is 2.76 bits per heavy atom. The van der Waals surface area contributed by atoms with Gasteiger partial charge >= 0.3 is 0 Å².